The lowest BCUT2D eigenvalue weighted by Gasteiger charge is -2.29. The number of rotatable bonds is 1. The number of sulfone groups is 1. The van der Waals surface area contributed by atoms with Crippen LogP contribution in [0.25, 0.3) is 16.9 Å². The Morgan fingerprint density at radius 3 is 2.61 bits per heavy atom. The summed E-state index contributed by atoms with van der Waals surface area (Å²) < 4.78 is 24.2. The van der Waals surface area contributed by atoms with Crippen molar-refractivity contribution < 1.29 is 13.5 Å². The van der Waals surface area contributed by atoms with Crippen molar-refractivity contribution in [1.29, 1.82) is 0 Å². The summed E-state index contributed by atoms with van der Waals surface area (Å²) in [5.41, 5.74) is 6.15. The second-order valence-electron chi connectivity index (χ2n) is 6.36. The highest BCUT2D eigenvalue weighted by Gasteiger charge is 2.32. The van der Waals surface area contributed by atoms with Crippen molar-refractivity contribution >= 4 is 15.6 Å². The fourth-order valence-corrected chi connectivity index (χ4v) is 4.97. The first-order chi connectivity index (χ1) is 11.0. The molecule has 0 aromatic heterocycles. The van der Waals surface area contributed by atoms with Gasteiger partial charge in [0.1, 0.15) is 5.76 Å². The van der Waals surface area contributed by atoms with Crippen LogP contribution in [0.3, 0.4) is 0 Å². The number of aryl methyl sites for hydroxylation is 1. The first-order valence-corrected chi connectivity index (χ1v) is 9.74. The summed E-state index contributed by atoms with van der Waals surface area (Å²) in [7, 11) is -3.21. The van der Waals surface area contributed by atoms with Crippen molar-refractivity contribution in [2.24, 2.45) is 0 Å². The molecule has 118 valence electrons. The molecule has 3 nitrogen and oxygen atoms in total. The minimum Gasteiger partial charge on any atom is -0.508 e. The number of aliphatic hydroxyl groups is 1. The summed E-state index contributed by atoms with van der Waals surface area (Å²) in [5, 5.41) is 9.86. The molecule has 0 radical (unpaired) electrons. The maximum atomic E-state index is 12.1. The summed E-state index contributed by atoms with van der Waals surface area (Å²) in [6.07, 6.45) is 4.99. The Kier molecular flexibility index (Phi) is 3.13. The lowest BCUT2D eigenvalue weighted by molar-refractivity contribution is 0.502. The van der Waals surface area contributed by atoms with Crippen LogP contribution in [-0.2, 0) is 22.7 Å². The molecule has 1 atom stereocenters. The molecule has 2 aromatic carbocycles. The van der Waals surface area contributed by atoms with E-state index in [2.05, 4.69) is 12.1 Å². The van der Waals surface area contributed by atoms with Crippen molar-refractivity contribution in [3.05, 3.63) is 64.7 Å². The standard InChI is InChI=1S/C19H18O3S/c1-23(21,22)18-11-10-17(20)19-15-7-6-12-4-2-3-5-13(12)14(15)8-9-16(18)19/h2-5,8-10,18,20H,6-7,11H2,1H3. The second-order valence-corrected chi connectivity index (χ2v) is 8.58. The van der Waals surface area contributed by atoms with Gasteiger partial charge < -0.3 is 5.11 Å². The van der Waals surface area contributed by atoms with E-state index in [-0.39, 0.29) is 5.76 Å². The highest BCUT2D eigenvalue weighted by atomic mass is 32.2. The molecule has 1 N–H and O–H groups in total. The first-order valence-electron chi connectivity index (χ1n) is 7.79. The maximum absolute atomic E-state index is 12.1. The normalized spacial score (nSPS) is 19.3. The second kappa shape index (κ2) is 4.96. The first kappa shape index (κ1) is 14.5. The number of benzene rings is 2. The van der Waals surface area contributed by atoms with Crippen molar-refractivity contribution in [3.63, 3.8) is 0 Å². The van der Waals surface area contributed by atoms with Crippen molar-refractivity contribution in [1.82, 2.24) is 0 Å². The molecule has 0 heterocycles. The van der Waals surface area contributed by atoms with Gasteiger partial charge in [0.2, 0.25) is 0 Å². The van der Waals surface area contributed by atoms with Gasteiger partial charge in [-0.1, -0.05) is 36.4 Å². The van der Waals surface area contributed by atoms with Crippen LogP contribution < -0.4 is 0 Å². The maximum Gasteiger partial charge on any atom is 0.154 e. The molecule has 0 spiro atoms. The highest BCUT2D eigenvalue weighted by molar-refractivity contribution is 7.90. The third-order valence-corrected chi connectivity index (χ3v) is 6.42. The van der Waals surface area contributed by atoms with Gasteiger partial charge >= 0.3 is 0 Å². The fraction of sp³-hybridized carbons (Fsp3) is 0.263. The molecule has 2 aromatic rings. The largest absolute Gasteiger partial charge is 0.508 e. The minimum absolute atomic E-state index is 0.219. The van der Waals surface area contributed by atoms with E-state index in [0.717, 1.165) is 35.1 Å². The zero-order valence-corrected chi connectivity index (χ0v) is 13.7. The third-order valence-electron chi connectivity index (χ3n) is 4.94. The predicted molar refractivity (Wildman–Crippen MR) is 92.1 cm³/mol. The molecular weight excluding hydrogens is 308 g/mol. The van der Waals surface area contributed by atoms with Gasteiger partial charge in [-0.2, -0.15) is 0 Å². The smallest absolute Gasteiger partial charge is 0.154 e. The van der Waals surface area contributed by atoms with E-state index in [1.807, 2.05) is 24.3 Å². The van der Waals surface area contributed by atoms with Crippen molar-refractivity contribution in [2.45, 2.75) is 24.5 Å². The van der Waals surface area contributed by atoms with Gasteiger partial charge in [-0.15, -0.1) is 0 Å². The van der Waals surface area contributed by atoms with Crippen LogP contribution in [0.4, 0.5) is 0 Å². The van der Waals surface area contributed by atoms with Gasteiger partial charge in [-0.25, -0.2) is 8.42 Å². The Hall–Kier alpha value is -2.07. The summed E-state index contributed by atoms with van der Waals surface area (Å²) in [5.74, 6) is 0.219. The van der Waals surface area contributed by atoms with Crippen molar-refractivity contribution in [2.75, 3.05) is 6.26 Å². The van der Waals surface area contributed by atoms with Crippen LogP contribution in [0.5, 0.6) is 0 Å². The molecule has 4 rings (SSSR count). The summed E-state index contributed by atoms with van der Waals surface area (Å²) in [6, 6.07) is 12.2. The molecule has 2 aliphatic rings. The Labute approximate surface area is 136 Å². The van der Waals surface area contributed by atoms with Gasteiger partial charge in [-0.3, -0.25) is 0 Å². The van der Waals surface area contributed by atoms with E-state index in [4.69, 9.17) is 0 Å². The van der Waals surface area contributed by atoms with Gasteiger partial charge in [0.15, 0.2) is 9.84 Å². The minimum atomic E-state index is -3.21. The number of aliphatic hydroxyl groups excluding tert-OH is 1. The quantitative estimate of drug-likeness (QED) is 0.866. The molecule has 2 aliphatic carbocycles. The lowest BCUT2D eigenvalue weighted by atomic mass is 9.79. The van der Waals surface area contributed by atoms with E-state index in [1.54, 1.807) is 6.08 Å². The molecule has 0 saturated heterocycles. The summed E-state index contributed by atoms with van der Waals surface area (Å²) in [4.78, 5) is 0. The van der Waals surface area contributed by atoms with Crippen LogP contribution >= 0.6 is 0 Å². The van der Waals surface area contributed by atoms with E-state index in [9.17, 15) is 13.5 Å². The van der Waals surface area contributed by atoms with E-state index in [1.165, 1.54) is 17.4 Å². The van der Waals surface area contributed by atoms with Crippen LogP contribution in [0.15, 0.2) is 42.5 Å². The molecule has 0 bridgehead atoms. The average Bonchev–Trinajstić information content (AvgIpc) is 2.53. The third kappa shape index (κ3) is 2.20. The van der Waals surface area contributed by atoms with Crippen LogP contribution in [0, 0.1) is 0 Å². The fourth-order valence-electron chi connectivity index (χ4n) is 3.86. The zero-order valence-electron chi connectivity index (χ0n) is 12.9. The molecule has 1 unspecified atom stereocenters. The Morgan fingerprint density at radius 2 is 1.83 bits per heavy atom. The molecule has 0 fully saturated rings. The van der Waals surface area contributed by atoms with Crippen LogP contribution in [0.2, 0.25) is 0 Å². The SMILES string of the molecule is CS(=O)(=O)C1CC=C(O)c2c1ccc1c2CCc2ccccc2-1. The summed E-state index contributed by atoms with van der Waals surface area (Å²) >= 11 is 0. The Balaban J connectivity index is 1.99. The molecule has 0 saturated carbocycles. The van der Waals surface area contributed by atoms with Gasteiger partial charge in [0, 0.05) is 11.8 Å². The lowest BCUT2D eigenvalue weighted by Crippen LogP contribution is -2.19. The number of hydrogen-bond donors (Lipinski definition) is 1. The number of hydrogen-bond acceptors (Lipinski definition) is 3. The molecule has 0 amide bonds. The Bertz CT molecular complexity index is 939. The molecule has 23 heavy (non-hydrogen) atoms. The highest BCUT2D eigenvalue weighted by Crippen LogP contribution is 2.44. The Morgan fingerprint density at radius 1 is 1.04 bits per heavy atom. The van der Waals surface area contributed by atoms with E-state index >= 15 is 0 Å². The average molecular weight is 326 g/mol. The van der Waals surface area contributed by atoms with Gasteiger partial charge in [0.05, 0.1) is 5.25 Å². The summed E-state index contributed by atoms with van der Waals surface area (Å²) in [6.45, 7) is 0. The van der Waals surface area contributed by atoms with E-state index in [0.29, 0.717) is 6.42 Å². The van der Waals surface area contributed by atoms with E-state index < -0.39 is 15.1 Å². The zero-order chi connectivity index (χ0) is 16.2. The van der Waals surface area contributed by atoms with Crippen LogP contribution in [-0.4, -0.2) is 19.8 Å². The van der Waals surface area contributed by atoms with Crippen molar-refractivity contribution in [3.8, 4) is 11.1 Å². The van der Waals surface area contributed by atoms with Gasteiger partial charge in [0.25, 0.3) is 0 Å². The topological polar surface area (TPSA) is 54.4 Å². The predicted octanol–water partition coefficient (Wildman–Crippen LogP) is 3.84. The molecule has 0 aliphatic heterocycles. The molecule has 4 heteroatoms. The monoisotopic (exact) mass is 326 g/mol. The van der Waals surface area contributed by atoms with Gasteiger partial charge in [-0.05, 0) is 53.2 Å². The molecular formula is C19H18O3S. The number of fused-ring (bicyclic) bond motifs is 5. The van der Waals surface area contributed by atoms with Crippen LogP contribution in [0.1, 0.15) is 33.9 Å². The number of allylic oxidation sites excluding steroid dienone is 1.